The van der Waals surface area contributed by atoms with Gasteiger partial charge in [-0.1, -0.05) is 16.8 Å². The lowest BCUT2D eigenvalue weighted by Crippen LogP contribution is -2.43. The van der Waals surface area contributed by atoms with Crippen molar-refractivity contribution in [1.29, 1.82) is 0 Å². The van der Waals surface area contributed by atoms with Gasteiger partial charge in [0.15, 0.2) is 5.75 Å². The number of hydrogen-bond donors (Lipinski definition) is 0. The summed E-state index contributed by atoms with van der Waals surface area (Å²) in [6, 6.07) is 7.08. The van der Waals surface area contributed by atoms with Crippen LogP contribution >= 0.6 is 22.9 Å². The van der Waals surface area contributed by atoms with Gasteiger partial charge in [-0.05, 0) is 49.2 Å². The van der Waals surface area contributed by atoms with Gasteiger partial charge in [-0.15, -0.1) is 11.3 Å². The van der Waals surface area contributed by atoms with Crippen molar-refractivity contribution in [2.24, 2.45) is 0 Å². The number of rotatable bonds is 12. The van der Waals surface area contributed by atoms with Crippen molar-refractivity contribution < 1.29 is 41.7 Å². The first-order valence-corrected chi connectivity index (χ1v) is 15.5. The van der Waals surface area contributed by atoms with Crippen LogP contribution in [0.1, 0.15) is 41.1 Å². The molecule has 42 heavy (non-hydrogen) atoms. The summed E-state index contributed by atoms with van der Waals surface area (Å²) in [5.74, 6) is -0.0780. The summed E-state index contributed by atoms with van der Waals surface area (Å²) in [5.41, 5.74) is 2.73. The summed E-state index contributed by atoms with van der Waals surface area (Å²) in [4.78, 5) is 27.3. The summed E-state index contributed by atoms with van der Waals surface area (Å²) in [5, 5.41) is 4.27. The van der Waals surface area contributed by atoms with Crippen LogP contribution in [-0.4, -0.2) is 51.3 Å². The molecule has 15 heteroatoms. The van der Waals surface area contributed by atoms with Gasteiger partial charge in [0, 0.05) is 55.5 Å². The molecule has 0 bridgehead atoms. The molecule has 0 fully saturated rings. The zero-order valence-corrected chi connectivity index (χ0v) is 25.6. The van der Waals surface area contributed by atoms with Gasteiger partial charge in [0.1, 0.15) is 27.0 Å². The van der Waals surface area contributed by atoms with Gasteiger partial charge in [0.25, 0.3) is 22.3 Å². The minimum absolute atomic E-state index is 0.00130. The van der Waals surface area contributed by atoms with E-state index in [0.29, 0.717) is 33.0 Å². The van der Waals surface area contributed by atoms with Crippen molar-refractivity contribution in [3.05, 3.63) is 62.7 Å². The molecule has 0 radical (unpaired) electrons. The van der Waals surface area contributed by atoms with Crippen LogP contribution in [0, 0.1) is 6.92 Å². The van der Waals surface area contributed by atoms with E-state index in [2.05, 4.69) is 10.1 Å². The maximum atomic E-state index is 14.7. The number of thiophene rings is 1. The average Bonchev–Trinajstić information content (AvgIpc) is 3.65. The normalized spacial score (nSPS) is 13.6. The Kier molecular flexibility index (Phi) is 9.01. The van der Waals surface area contributed by atoms with E-state index in [1.54, 1.807) is 32.2 Å². The van der Waals surface area contributed by atoms with E-state index in [9.17, 15) is 13.2 Å². The topological polar surface area (TPSA) is 140 Å². The molecule has 0 saturated carbocycles. The number of halogens is 1. The number of carbonyl (C=O) groups excluding carboxylic acids is 1. The van der Waals surface area contributed by atoms with Crippen molar-refractivity contribution >= 4 is 55.0 Å². The third-order valence-electron chi connectivity index (χ3n) is 6.46. The van der Waals surface area contributed by atoms with E-state index in [1.165, 1.54) is 25.4 Å². The quantitative estimate of drug-likeness (QED) is 0.119. The number of pyridine rings is 1. The van der Waals surface area contributed by atoms with Crippen LogP contribution in [-0.2, 0) is 53.4 Å². The summed E-state index contributed by atoms with van der Waals surface area (Å²) < 4.78 is 51.9. The third kappa shape index (κ3) is 5.82. The number of fused-ring (bicyclic) bond motifs is 2. The molecule has 1 unspecified atom stereocenters. The molecule has 4 heterocycles. The minimum atomic E-state index is -4.47. The number of esters is 1. The van der Waals surface area contributed by atoms with Crippen molar-refractivity contribution in [3.63, 3.8) is 0 Å². The second-order valence-electron chi connectivity index (χ2n) is 9.24. The lowest BCUT2D eigenvalue weighted by Gasteiger charge is -2.28. The first-order valence-electron chi connectivity index (χ1n) is 12.9. The van der Waals surface area contributed by atoms with E-state index < -0.39 is 22.4 Å². The van der Waals surface area contributed by atoms with Crippen LogP contribution in [0.25, 0.3) is 10.2 Å². The number of methoxy groups -OCH3 is 1. The molecule has 224 valence electrons. The smallest absolute Gasteiger partial charge is 0.302 e. The number of hydrogen-bond acceptors (Lipinski definition) is 12. The Bertz CT molecular complexity index is 1720. The highest BCUT2D eigenvalue weighted by Crippen LogP contribution is 2.42. The minimum Gasteiger partial charge on any atom is -0.466 e. The van der Waals surface area contributed by atoms with Crippen molar-refractivity contribution in [2.75, 3.05) is 24.6 Å². The van der Waals surface area contributed by atoms with Crippen LogP contribution in [0.2, 0.25) is 5.02 Å². The Labute approximate surface area is 251 Å². The van der Waals surface area contributed by atoms with Gasteiger partial charge in [-0.2, -0.15) is 9.19 Å². The van der Waals surface area contributed by atoms with Gasteiger partial charge in [-0.25, -0.2) is 13.4 Å². The number of benzene rings is 1. The third-order valence-corrected chi connectivity index (χ3v) is 9.97. The second-order valence-corrected chi connectivity index (χ2v) is 12.5. The Morgan fingerprint density at radius 3 is 2.79 bits per heavy atom. The average molecular weight is 638 g/mol. The van der Waals surface area contributed by atoms with Crippen LogP contribution in [0.15, 0.2) is 39.9 Å². The number of aromatic nitrogens is 2. The predicted molar refractivity (Wildman–Crippen MR) is 153 cm³/mol. The highest BCUT2D eigenvalue weighted by molar-refractivity contribution is 7.93. The zero-order valence-electron chi connectivity index (χ0n) is 23.2. The number of carbonyl (C=O) groups is 1. The number of anilines is 1. The van der Waals surface area contributed by atoms with Gasteiger partial charge < -0.3 is 23.6 Å². The highest BCUT2D eigenvalue weighted by atomic mass is 35.5. The maximum absolute atomic E-state index is 14.7. The standard InChI is InChI=1S/C27H28ClN3O9S2/c1-5-36-27(35-4)31(26-23(28)15(2)30-39-26)42(33,34)24-20-7-6-9-29-25(20)41-22(24)13-18-11-19-14-38-40-21(19)12-17(18)8-10-37-16(3)32/h6-7,9,11-12,27H,5,8,10,13-14H2,1-4H3. The first kappa shape index (κ1) is 30.2. The summed E-state index contributed by atoms with van der Waals surface area (Å²) in [7, 11) is -3.15. The van der Waals surface area contributed by atoms with E-state index >= 15 is 0 Å². The van der Waals surface area contributed by atoms with Gasteiger partial charge >= 0.3 is 5.97 Å². The Balaban J connectivity index is 1.66. The van der Waals surface area contributed by atoms with E-state index in [4.69, 9.17) is 40.1 Å². The van der Waals surface area contributed by atoms with Gasteiger partial charge in [0.2, 0.25) is 0 Å². The molecular formula is C27H28ClN3O9S2. The molecule has 1 atom stereocenters. The monoisotopic (exact) mass is 637 g/mol. The molecule has 1 aromatic carbocycles. The molecule has 0 N–H and O–H groups in total. The summed E-state index contributed by atoms with van der Waals surface area (Å²) in [6.45, 7) is 5.16. The molecule has 1 aliphatic rings. The molecule has 0 aliphatic carbocycles. The van der Waals surface area contributed by atoms with E-state index in [0.717, 1.165) is 21.0 Å². The molecule has 0 spiro atoms. The molecule has 1 aliphatic heterocycles. The highest BCUT2D eigenvalue weighted by Gasteiger charge is 2.41. The number of sulfonamides is 1. The van der Waals surface area contributed by atoms with Crippen molar-refractivity contribution in [3.8, 4) is 5.75 Å². The summed E-state index contributed by atoms with van der Waals surface area (Å²) >= 11 is 7.71. The van der Waals surface area contributed by atoms with Crippen LogP contribution < -0.4 is 9.19 Å². The Morgan fingerprint density at radius 2 is 2.10 bits per heavy atom. The first-order chi connectivity index (χ1) is 20.1. The largest absolute Gasteiger partial charge is 0.466 e. The van der Waals surface area contributed by atoms with E-state index in [-0.39, 0.29) is 42.0 Å². The molecule has 12 nitrogen and oxygen atoms in total. The lowest BCUT2D eigenvalue weighted by atomic mass is 9.98. The van der Waals surface area contributed by atoms with Crippen molar-refractivity contribution in [1.82, 2.24) is 10.1 Å². The van der Waals surface area contributed by atoms with Crippen molar-refractivity contribution in [2.45, 2.75) is 51.5 Å². The predicted octanol–water partition coefficient (Wildman–Crippen LogP) is 4.93. The molecule has 5 rings (SSSR count). The molecular weight excluding hydrogens is 610 g/mol. The van der Waals surface area contributed by atoms with Crippen LogP contribution in [0.5, 0.6) is 5.75 Å². The molecule has 0 saturated heterocycles. The molecule has 4 aromatic rings. The number of nitrogens with zero attached hydrogens (tertiary/aromatic N) is 3. The summed E-state index contributed by atoms with van der Waals surface area (Å²) in [6.07, 6.45) is 0.783. The van der Waals surface area contributed by atoms with Gasteiger partial charge in [-0.3, -0.25) is 4.79 Å². The Morgan fingerprint density at radius 1 is 1.29 bits per heavy atom. The number of aryl methyl sites for hydroxylation is 1. The van der Waals surface area contributed by atoms with Crippen LogP contribution in [0.4, 0.5) is 5.88 Å². The lowest BCUT2D eigenvalue weighted by molar-refractivity contribution is -0.194. The van der Waals surface area contributed by atoms with E-state index in [1.807, 2.05) is 12.1 Å². The number of ether oxygens (including phenoxy) is 3. The molecule has 0 amide bonds. The SMILES string of the molecule is CCOC(OC)N(c1onc(C)c1Cl)S(=O)(=O)c1c(Cc2cc3c(cc2CCOC(C)=O)OOC3)sc2ncccc12. The fourth-order valence-corrected chi connectivity index (χ4v) is 8.06. The van der Waals surface area contributed by atoms with Crippen LogP contribution in [0.3, 0.4) is 0 Å². The zero-order chi connectivity index (χ0) is 30.0. The molecule has 3 aromatic heterocycles. The van der Waals surface area contributed by atoms with Gasteiger partial charge in [0.05, 0.1) is 6.61 Å². The maximum Gasteiger partial charge on any atom is 0.302 e. The Hall–Kier alpha value is -3.27. The second kappa shape index (κ2) is 12.5. The fraction of sp³-hybridized carbons (Fsp3) is 0.370. The fourth-order valence-electron chi connectivity index (χ4n) is 4.57.